The highest BCUT2D eigenvalue weighted by Crippen LogP contribution is 2.25. The Kier molecular flexibility index (Phi) is 8.13. The minimum Gasteiger partial charge on any atom is -0.317 e. The van der Waals surface area contributed by atoms with Crippen molar-refractivity contribution in [1.29, 1.82) is 0 Å². The monoisotopic (exact) mass is 213 g/mol. The van der Waals surface area contributed by atoms with E-state index in [4.69, 9.17) is 0 Å². The van der Waals surface area contributed by atoms with E-state index in [1.807, 2.05) is 0 Å². The highest BCUT2D eigenvalue weighted by atomic mass is 14.9. The molecule has 15 heavy (non-hydrogen) atoms. The molecule has 0 saturated heterocycles. The van der Waals surface area contributed by atoms with E-state index in [1.54, 1.807) is 0 Å². The summed E-state index contributed by atoms with van der Waals surface area (Å²) < 4.78 is 0. The Labute approximate surface area is 97.0 Å². The van der Waals surface area contributed by atoms with Crippen molar-refractivity contribution in [2.75, 3.05) is 7.05 Å². The predicted octanol–water partition coefficient (Wildman–Crippen LogP) is 4.08. The first-order valence-corrected chi connectivity index (χ1v) is 6.68. The van der Waals surface area contributed by atoms with Crippen LogP contribution in [-0.4, -0.2) is 13.1 Å². The number of rotatable bonds is 8. The summed E-state index contributed by atoms with van der Waals surface area (Å²) >= 11 is 0. The number of hydrogen-bond donors (Lipinski definition) is 1. The van der Waals surface area contributed by atoms with Gasteiger partial charge in [-0.25, -0.2) is 0 Å². The Morgan fingerprint density at radius 3 is 1.67 bits per heavy atom. The first-order valence-electron chi connectivity index (χ1n) is 6.68. The van der Waals surface area contributed by atoms with Gasteiger partial charge in [0.25, 0.3) is 0 Å². The molecule has 0 aromatic rings. The van der Waals surface area contributed by atoms with Crippen molar-refractivity contribution < 1.29 is 0 Å². The third-order valence-corrected chi connectivity index (χ3v) is 3.09. The number of nitrogens with one attached hydrogen (secondary N) is 1. The van der Waals surface area contributed by atoms with Gasteiger partial charge in [0.2, 0.25) is 0 Å². The zero-order valence-corrected chi connectivity index (χ0v) is 11.6. The van der Waals surface area contributed by atoms with E-state index in [-0.39, 0.29) is 0 Å². The smallest absolute Gasteiger partial charge is 0.00924 e. The quantitative estimate of drug-likeness (QED) is 0.640. The molecule has 1 heteroatoms. The lowest BCUT2D eigenvalue weighted by Gasteiger charge is -2.29. The molecule has 0 aromatic heterocycles. The fraction of sp³-hybridized carbons (Fsp3) is 1.00. The molecule has 0 aliphatic rings. The van der Waals surface area contributed by atoms with E-state index < -0.39 is 0 Å². The van der Waals surface area contributed by atoms with Crippen molar-refractivity contribution in [2.24, 2.45) is 17.8 Å². The summed E-state index contributed by atoms with van der Waals surface area (Å²) in [7, 11) is 2.12. The van der Waals surface area contributed by atoms with Gasteiger partial charge in [-0.2, -0.15) is 0 Å². The molecule has 1 unspecified atom stereocenters. The second-order valence-electron chi connectivity index (χ2n) is 5.70. The van der Waals surface area contributed by atoms with Crippen molar-refractivity contribution in [2.45, 2.75) is 66.3 Å². The highest BCUT2D eigenvalue weighted by Gasteiger charge is 2.21. The second kappa shape index (κ2) is 8.15. The Bertz CT molecular complexity index is 130. The van der Waals surface area contributed by atoms with Gasteiger partial charge in [0.15, 0.2) is 0 Å². The number of hydrogen-bond acceptors (Lipinski definition) is 1. The first-order chi connectivity index (χ1) is 7.01. The molecule has 92 valence electrons. The Hall–Kier alpha value is -0.0400. The fourth-order valence-electron chi connectivity index (χ4n) is 2.56. The molecule has 0 rings (SSSR count). The summed E-state index contributed by atoms with van der Waals surface area (Å²) in [5.74, 6) is 2.50. The van der Waals surface area contributed by atoms with Crippen LogP contribution in [-0.2, 0) is 0 Å². The van der Waals surface area contributed by atoms with Gasteiger partial charge >= 0.3 is 0 Å². The summed E-state index contributed by atoms with van der Waals surface area (Å²) in [5, 5.41) is 3.51. The van der Waals surface area contributed by atoms with Crippen LogP contribution >= 0.6 is 0 Å². The van der Waals surface area contributed by atoms with Crippen LogP contribution in [0.3, 0.4) is 0 Å². The van der Waals surface area contributed by atoms with Gasteiger partial charge < -0.3 is 5.32 Å². The van der Waals surface area contributed by atoms with E-state index in [2.05, 4.69) is 47.0 Å². The van der Waals surface area contributed by atoms with Crippen LogP contribution < -0.4 is 5.32 Å². The van der Waals surface area contributed by atoms with Crippen molar-refractivity contribution >= 4 is 0 Å². The molecule has 1 atom stereocenters. The largest absolute Gasteiger partial charge is 0.317 e. The molecule has 0 spiro atoms. The summed E-state index contributed by atoms with van der Waals surface area (Å²) in [4.78, 5) is 0. The van der Waals surface area contributed by atoms with Gasteiger partial charge in [-0.15, -0.1) is 0 Å². The van der Waals surface area contributed by atoms with Gasteiger partial charge in [-0.3, -0.25) is 0 Å². The molecular formula is C14H31N. The van der Waals surface area contributed by atoms with E-state index in [9.17, 15) is 0 Å². The molecule has 1 nitrogen and oxygen atoms in total. The maximum absolute atomic E-state index is 3.51. The SMILES string of the molecule is CCCC(NC)C(CC(C)C)CC(C)C. The van der Waals surface area contributed by atoms with Crippen molar-refractivity contribution in [3.8, 4) is 0 Å². The van der Waals surface area contributed by atoms with Crippen molar-refractivity contribution in [1.82, 2.24) is 5.32 Å². The molecule has 0 aliphatic heterocycles. The molecule has 0 amide bonds. The van der Waals surface area contributed by atoms with Crippen LogP contribution in [0.1, 0.15) is 60.3 Å². The van der Waals surface area contributed by atoms with Crippen molar-refractivity contribution in [3.63, 3.8) is 0 Å². The lowest BCUT2D eigenvalue weighted by molar-refractivity contribution is 0.257. The molecular weight excluding hydrogens is 182 g/mol. The zero-order chi connectivity index (χ0) is 11.8. The normalized spacial score (nSPS) is 14.2. The van der Waals surface area contributed by atoms with Crippen LogP contribution in [0.25, 0.3) is 0 Å². The molecule has 1 N–H and O–H groups in total. The van der Waals surface area contributed by atoms with Crippen LogP contribution in [0, 0.1) is 17.8 Å². The van der Waals surface area contributed by atoms with Crippen LogP contribution in [0.4, 0.5) is 0 Å². The lowest BCUT2D eigenvalue weighted by atomic mass is 9.82. The maximum atomic E-state index is 3.51. The van der Waals surface area contributed by atoms with Gasteiger partial charge in [-0.1, -0.05) is 41.0 Å². The topological polar surface area (TPSA) is 12.0 Å². The van der Waals surface area contributed by atoms with Crippen LogP contribution in [0.2, 0.25) is 0 Å². The zero-order valence-electron chi connectivity index (χ0n) is 11.6. The average molecular weight is 213 g/mol. The summed E-state index contributed by atoms with van der Waals surface area (Å²) in [5.41, 5.74) is 0. The Morgan fingerprint density at radius 2 is 1.40 bits per heavy atom. The molecule has 0 saturated carbocycles. The standard InChI is InChI=1S/C14H31N/c1-7-8-14(15-6)13(9-11(2)3)10-12(4)5/h11-15H,7-10H2,1-6H3. The third kappa shape index (κ3) is 6.94. The van der Waals surface area contributed by atoms with E-state index in [0.717, 1.165) is 23.8 Å². The molecule has 0 heterocycles. The van der Waals surface area contributed by atoms with Crippen molar-refractivity contribution in [3.05, 3.63) is 0 Å². The predicted molar refractivity (Wildman–Crippen MR) is 70.2 cm³/mol. The molecule has 0 fully saturated rings. The molecule has 0 bridgehead atoms. The molecule has 0 aromatic carbocycles. The van der Waals surface area contributed by atoms with Gasteiger partial charge in [0.05, 0.1) is 0 Å². The second-order valence-corrected chi connectivity index (χ2v) is 5.70. The van der Waals surface area contributed by atoms with E-state index in [0.29, 0.717) is 0 Å². The lowest BCUT2D eigenvalue weighted by Crippen LogP contribution is -2.35. The maximum Gasteiger partial charge on any atom is 0.00924 e. The fourth-order valence-corrected chi connectivity index (χ4v) is 2.56. The van der Waals surface area contributed by atoms with E-state index in [1.165, 1.54) is 25.7 Å². The minimum atomic E-state index is 0.722. The Morgan fingerprint density at radius 1 is 0.933 bits per heavy atom. The summed E-state index contributed by atoms with van der Waals surface area (Å²) in [6, 6.07) is 0.722. The third-order valence-electron chi connectivity index (χ3n) is 3.09. The average Bonchev–Trinajstić information content (AvgIpc) is 2.11. The van der Waals surface area contributed by atoms with Gasteiger partial charge in [-0.05, 0) is 44.1 Å². The Balaban J connectivity index is 4.28. The van der Waals surface area contributed by atoms with Gasteiger partial charge in [0.1, 0.15) is 0 Å². The molecule has 0 radical (unpaired) electrons. The van der Waals surface area contributed by atoms with Crippen LogP contribution in [0.15, 0.2) is 0 Å². The highest BCUT2D eigenvalue weighted by molar-refractivity contribution is 4.77. The van der Waals surface area contributed by atoms with E-state index >= 15 is 0 Å². The van der Waals surface area contributed by atoms with Gasteiger partial charge in [0, 0.05) is 6.04 Å². The molecule has 0 aliphatic carbocycles. The minimum absolute atomic E-state index is 0.722. The first kappa shape index (κ1) is 15.0. The summed E-state index contributed by atoms with van der Waals surface area (Å²) in [6.07, 6.45) is 5.34. The summed E-state index contributed by atoms with van der Waals surface area (Å²) in [6.45, 7) is 11.6. The van der Waals surface area contributed by atoms with Crippen LogP contribution in [0.5, 0.6) is 0 Å².